The van der Waals surface area contributed by atoms with Crippen molar-refractivity contribution in [3.05, 3.63) is 70.8 Å². The van der Waals surface area contributed by atoms with E-state index in [4.69, 9.17) is 0 Å². The topological polar surface area (TPSA) is 46.2 Å². The summed E-state index contributed by atoms with van der Waals surface area (Å²) < 4.78 is 26.2. The smallest absolute Gasteiger partial charge is 0.258 e. The van der Waals surface area contributed by atoms with Gasteiger partial charge in [-0.2, -0.15) is 0 Å². The molecule has 104 valence electrons. The fourth-order valence-corrected chi connectivity index (χ4v) is 2.19. The number of benzene rings is 2. The quantitative estimate of drug-likeness (QED) is 0.647. The summed E-state index contributed by atoms with van der Waals surface area (Å²) in [6.45, 7) is 0. The summed E-state index contributed by atoms with van der Waals surface area (Å²) in [6.07, 6.45) is 1.42. The van der Waals surface area contributed by atoms with E-state index in [0.717, 1.165) is 12.1 Å². The van der Waals surface area contributed by atoms with Gasteiger partial charge in [0.1, 0.15) is 0 Å². The highest BCUT2D eigenvalue weighted by Crippen LogP contribution is 2.26. The van der Waals surface area contributed by atoms with Crippen LogP contribution in [0.1, 0.15) is 21.5 Å². The van der Waals surface area contributed by atoms with Crippen molar-refractivity contribution >= 4 is 23.5 Å². The van der Waals surface area contributed by atoms with Gasteiger partial charge >= 0.3 is 0 Å². The summed E-state index contributed by atoms with van der Waals surface area (Å²) in [7, 11) is 0. The van der Waals surface area contributed by atoms with Crippen LogP contribution >= 0.6 is 0 Å². The van der Waals surface area contributed by atoms with Crippen molar-refractivity contribution in [1.29, 1.82) is 0 Å². The van der Waals surface area contributed by atoms with E-state index in [0.29, 0.717) is 16.7 Å². The van der Waals surface area contributed by atoms with Gasteiger partial charge in [0.15, 0.2) is 11.6 Å². The molecule has 0 unspecified atom stereocenters. The second-order valence-electron chi connectivity index (χ2n) is 4.56. The van der Waals surface area contributed by atoms with E-state index in [1.54, 1.807) is 24.3 Å². The lowest BCUT2D eigenvalue weighted by Crippen LogP contribution is -2.36. The van der Waals surface area contributed by atoms with E-state index < -0.39 is 23.4 Å². The molecule has 1 N–H and O–H groups in total. The van der Waals surface area contributed by atoms with Gasteiger partial charge in [-0.15, -0.1) is 0 Å². The molecule has 5 heteroatoms. The third-order valence-electron chi connectivity index (χ3n) is 3.19. The molecule has 0 spiro atoms. The number of rotatable bonds is 1. The second-order valence-corrected chi connectivity index (χ2v) is 4.56. The standard InChI is InChI=1S/C16H9F2NO2/c17-13-6-5-9(8-14(13)18)7-12-10-3-1-2-4-11(10)15(20)19-16(12)21/h1-8H,(H,19,20,21)/b12-7-. The van der Waals surface area contributed by atoms with Crippen molar-refractivity contribution in [1.82, 2.24) is 5.32 Å². The molecule has 1 heterocycles. The average molecular weight is 285 g/mol. The van der Waals surface area contributed by atoms with Crippen LogP contribution in [0, 0.1) is 11.6 Å². The van der Waals surface area contributed by atoms with Crippen molar-refractivity contribution in [3.63, 3.8) is 0 Å². The summed E-state index contributed by atoms with van der Waals surface area (Å²) in [5.74, 6) is -2.99. The van der Waals surface area contributed by atoms with Gasteiger partial charge in [-0.05, 0) is 35.4 Å². The Balaban J connectivity index is 2.14. The van der Waals surface area contributed by atoms with E-state index in [9.17, 15) is 18.4 Å². The predicted molar refractivity (Wildman–Crippen MR) is 73.1 cm³/mol. The minimum atomic E-state index is -0.995. The zero-order chi connectivity index (χ0) is 15.0. The Labute approximate surface area is 118 Å². The monoisotopic (exact) mass is 285 g/mol. The Kier molecular flexibility index (Phi) is 3.10. The number of amides is 2. The van der Waals surface area contributed by atoms with Crippen LogP contribution in [0.4, 0.5) is 8.78 Å². The third kappa shape index (κ3) is 2.33. The number of hydrogen-bond acceptors (Lipinski definition) is 2. The number of hydrogen-bond donors (Lipinski definition) is 1. The molecule has 0 aromatic heterocycles. The van der Waals surface area contributed by atoms with Crippen LogP contribution in [-0.4, -0.2) is 11.8 Å². The first-order valence-corrected chi connectivity index (χ1v) is 6.18. The highest BCUT2D eigenvalue weighted by atomic mass is 19.2. The van der Waals surface area contributed by atoms with Crippen LogP contribution in [0.25, 0.3) is 11.6 Å². The third-order valence-corrected chi connectivity index (χ3v) is 3.19. The van der Waals surface area contributed by atoms with E-state index in [1.165, 1.54) is 12.1 Å². The molecule has 3 nitrogen and oxygen atoms in total. The molecule has 1 aliphatic heterocycles. The van der Waals surface area contributed by atoms with Crippen molar-refractivity contribution in [3.8, 4) is 0 Å². The highest BCUT2D eigenvalue weighted by Gasteiger charge is 2.26. The van der Waals surface area contributed by atoms with Gasteiger partial charge in [0.2, 0.25) is 0 Å². The van der Waals surface area contributed by atoms with E-state index >= 15 is 0 Å². The number of fused-ring (bicyclic) bond motifs is 1. The molecule has 0 saturated heterocycles. The molecule has 2 aromatic rings. The lowest BCUT2D eigenvalue weighted by atomic mass is 9.93. The van der Waals surface area contributed by atoms with Crippen LogP contribution < -0.4 is 5.32 Å². The van der Waals surface area contributed by atoms with Gasteiger partial charge in [0.25, 0.3) is 11.8 Å². The fourth-order valence-electron chi connectivity index (χ4n) is 2.19. The fraction of sp³-hybridized carbons (Fsp3) is 0. The molecule has 0 radical (unpaired) electrons. The van der Waals surface area contributed by atoms with Crippen molar-refractivity contribution in [2.75, 3.05) is 0 Å². The molecule has 0 atom stereocenters. The second kappa shape index (κ2) is 4.94. The lowest BCUT2D eigenvalue weighted by Gasteiger charge is -2.18. The molecule has 1 aliphatic rings. The van der Waals surface area contributed by atoms with E-state index in [-0.39, 0.29) is 5.57 Å². The summed E-state index contributed by atoms with van der Waals surface area (Å²) >= 11 is 0. The van der Waals surface area contributed by atoms with Crippen LogP contribution in [0.5, 0.6) is 0 Å². The number of carbonyl (C=O) groups is 2. The Bertz CT molecular complexity index is 797. The van der Waals surface area contributed by atoms with Crippen molar-refractivity contribution in [2.45, 2.75) is 0 Å². The molecule has 2 amide bonds. The van der Waals surface area contributed by atoms with E-state index in [1.807, 2.05) is 0 Å². The highest BCUT2D eigenvalue weighted by molar-refractivity contribution is 6.33. The Morgan fingerprint density at radius 3 is 2.29 bits per heavy atom. The van der Waals surface area contributed by atoms with Gasteiger partial charge < -0.3 is 0 Å². The Hall–Kier alpha value is -2.82. The summed E-state index contributed by atoms with van der Waals surface area (Å²) in [5, 5.41) is 2.22. The van der Waals surface area contributed by atoms with Crippen LogP contribution in [0.2, 0.25) is 0 Å². The van der Waals surface area contributed by atoms with E-state index in [2.05, 4.69) is 5.32 Å². The zero-order valence-electron chi connectivity index (χ0n) is 10.7. The predicted octanol–water partition coefficient (Wildman–Crippen LogP) is 2.78. The molecule has 21 heavy (non-hydrogen) atoms. The van der Waals surface area contributed by atoms with Crippen molar-refractivity contribution < 1.29 is 18.4 Å². The zero-order valence-corrected chi connectivity index (χ0v) is 10.7. The molecule has 0 saturated carbocycles. The first-order valence-electron chi connectivity index (χ1n) is 6.18. The van der Waals surface area contributed by atoms with Crippen molar-refractivity contribution in [2.24, 2.45) is 0 Å². The maximum atomic E-state index is 13.2. The molecule has 0 fully saturated rings. The molecular weight excluding hydrogens is 276 g/mol. The Morgan fingerprint density at radius 2 is 1.57 bits per heavy atom. The number of imide groups is 1. The number of halogens is 2. The number of carbonyl (C=O) groups excluding carboxylic acids is 2. The number of nitrogens with one attached hydrogen (secondary N) is 1. The minimum Gasteiger partial charge on any atom is -0.288 e. The van der Waals surface area contributed by atoms with Gasteiger partial charge in [-0.3, -0.25) is 14.9 Å². The summed E-state index contributed by atoms with van der Waals surface area (Å²) in [5.41, 5.74) is 1.40. The molecule has 0 bridgehead atoms. The van der Waals surface area contributed by atoms with Crippen LogP contribution in [-0.2, 0) is 4.79 Å². The summed E-state index contributed by atoms with van der Waals surface area (Å²) in [6, 6.07) is 9.95. The lowest BCUT2D eigenvalue weighted by molar-refractivity contribution is -0.114. The normalized spacial score (nSPS) is 15.8. The molecular formula is C16H9F2NO2. The van der Waals surface area contributed by atoms with Gasteiger partial charge in [0.05, 0.1) is 0 Å². The maximum Gasteiger partial charge on any atom is 0.258 e. The van der Waals surface area contributed by atoms with Gasteiger partial charge in [0, 0.05) is 11.1 Å². The average Bonchev–Trinajstić information content (AvgIpc) is 2.47. The minimum absolute atomic E-state index is 0.233. The summed E-state index contributed by atoms with van der Waals surface area (Å²) in [4.78, 5) is 23.7. The largest absolute Gasteiger partial charge is 0.288 e. The molecule has 0 aliphatic carbocycles. The van der Waals surface area contributed by atoms with Gasteiger partial charge in [-0.25, -0.2) is 8.78 Å². The first kappa shape index (κ1) is 13.2. The first-order chi connectivity index (χ1) is 10.1. The van der Waals surface area contributed by atoms with Gasteiger partial charge in [-0.1, -0.05) is 24.3 Å². The Morgan fingerprint density at radius 1 is 0.857 bits per heavy atom. The molecule has 2 aromatic carbocycles. The molecule has 3 rings (SSSR count). The maximum absolute atomic E-state index is 13.2. The van der Waals surface area contributed by atoms with Crippen LogP contribution in [0.3, 0.4) is 0 Å². The SMILES string of the molecule is O=C1NC(=O)c2ccccc2/C1=C/c1ccc(F)c(F)c1. The van der Waals surface area contributed by atoms with Crippen LogP contribution in [0.15, 0.2) is 42.5 Å².